The van der Waals surface area contributed by atoms with E-state index in [2.05, 4.69) is 15.5 Å². The van der Waals surface area contributed by atoms with Crippen molar-refractivity contribution in [2.24, 2.45) is 5.92 Å². The molecule has 3 rings (SSSR count). The van der Waals surface area contributed by atoms with E-state index in [4.69, 9.17) is 4.52 Å². The monoisotopic (exact) mass is 372 g/mol. The first kappa shape index (κ1) is 18.2. The molecule has 7 nitrogen and oxygen atoms in total. The van der Waals surface area contributed by atoms with Crippen molar-refractivity contribution in [3.63, 3.8) is 0 Å². The molecular weight excluding hydrogens is 352 g/mol. The number of carbonyl (C=O) groups is 1. The Labute approximate surface area is 154 Å². The Kier molecular flexibility index (Phi) is 5.41. The van der Waals surface area contributed by atoms with Gasteiger partial charge in [-0.1, -0.05) is 42.9 Å². The fraction of sp³-hybridized carbons (Fsp3) is 0.333. The van der Waals surface area contributed by atoms with E-state index in [-0.39, 0.29) is 23.1 Å². The smallest absolute Gasteiger partial charge is 0.262 e. The van der Waals surface area contributed by atoms with Crippen molar-refractivity contribution in [3.05, 3.63) is 46.4 Å². The molecule has 26 heavy (non-hydrogen) atoms. The van der Waals surface area contributed by atoms with Crippen LogP contribution in [0, 0.1) is 12.8 Å². The van der Waals surface area contributed by atoms with Gasteiger partial charge in [0, 0.05) is 12.6 Å². The van der Waals surface area contributed by atoms with Crippen LogP contribution in [0.3, 0.4) is 0 Å². The summed E-state index contributed by atoms with van der Waals surface area (Å²) in [7, 11) is 0. The molecule has 1 aromatic carbocycles. The third kappa shape index (κ3) is 4.13. The second kappa shape index (κ2) is 7.74. The average molecular weight is 372 g/mol. The number of hydrogen-bond donors (Lipinski definition) is 1. The van der Waals surface area contributed by atoms with E-state index in [1.807, 2.05) is 26.0 Å². The van der Waals surface area contributed by atoms with Gasteiger partial charge in [-0.2, -0.15) is 0 Å². The minimum Gasteiger partial charge on any atom is -0.360 e. The van der Waals surface area contributed by atoms with Crippen LogP contribution < -0.4 is 10.9 Å². The minimum atomic E-state index is -0.234. The Hall–Kier alpha value is -2.61. The Balaban J connectivity index is 1.83. The lowest BCUT2D eigenvalue weighted by atomic mass is 10.2. The molecule has 0 saturated carbocycles. The molecule has 0 spiro atoms. The van der Waals surface area contributed by atoms with Gasteiger partial charge in [-0.25, -0.2) is 4.98 Å². The maximum absolute atomic E-state index is 12.8. The number of aromatic nitrogens is 3. The predicted octanol–water partition coefficient (Wildman–Crippen LogP) is 3.08. The molecule has 1 amide bonds. The summed E-state index contributed by atoms with van der Waals surface area (Å²) in [6.07, 6.45) is 0. The summed E-state index contributed by atoms with van der Waals surface area (Å²) in [6, 6.07) is 8.89. The summed E-state index contributed by atoms with van der Waals surface area (Å²) in [5, 5.41) is 7.52. The first-order chi connectivity index (χ1) is 12.4. The van der Waals surface area contributed by atoms with E-state index in [0.717, 1.165) is 0 Å². The van der Waals surface area contributed by atoms with Crippen LogP contribution >= 0.6 is 11.8 Å². The van der Waals surface area contributed by atoms with Crippen LogP contribution in [0.2, 0.25) is 0 Å². The summed E-state index contributed by atoms with van der Waals surface area (Å²) < 4.78 is 6.57. The molecule has 8 heteroatoms. The van der Waals surface area contributed by atoms with Crippen LogP contribution in [-0.2, 0) is 11.3 Å². The second-order valence-electron chi connectivity index (χ2n) is 6.38. The standard InChI is InChI=1S/C18H20N4O3S/c1-11(2)9-22-17(24)13-6-4-5-7-14(13)19-18(22)26-10-16(23)20-15-8-12(3)25-21-15/h4-8,11H,9-10H2,1-3H3,(H,20,21,23). The molecule has 0 aliphatic heterocycles. The lowest BCUT2D eigenvalue weighted by molar-refractivity contribution is -0.113. The first-order valence-corrected chi connectivity index (χ1v) is 9.28. The first-order valence-electron chi connectivity index (χ1n) is 8.29. The van der Waals surface area contributed by atoms with Gasteiger partial charge in [0.1, 0.15) is 5.76 Å². The van der Waals surface area contributed by atoms with Crippen molar-refractivity contribution in [1.29, 1.82) is 0 Å². The van der Waals surface area contributed by atoms with Crippen LogP contribution in [0.15, 0.2) is 44.8 Å². The lowest BCUT2D eigenvalue weighted by Crippen LogP contribution is -2.26. The number of para-hydroxylation sites is 1. The fourth-order valence-corrected chi connectivity index (χ4v) is 3.33. The molecule has 2 aromatic heterocycles. The van der Waals surface area contributed by atoms with Crippen molar-refractivity contribution in [2.45, 2.75) is 32.5 Å². The predicted molar refractivity (Wildman–Crippen MR) is 101 cm³/mol. The largest absolute Gasteiger partial charge is 0.360 e. The zero-order chi connectivity index (χ0) is 18.7. The topological polar surface area (TPSA) is 90.0 Å². The van der Waals surface area contributed by atoms with Crippen LogP contribution in [0.4, 0.5) is 5.82 Å². The third-order valence-corrected chi connectivity index (χ3v) is 4.58. The van der Waals surface area contributed by atoms with Gasteiger partial charge < -0.3 is 9.84 Å². The van der Waals surface area contributed by atoms with Gasteiger partial charge in [0.2, 0.25) is 5.91 Å². The van der Waals surface area contributed by atoms with E-state index >= 15 is 0 Å². The highest BCUT2D eigenvalue weighted by atomic mass is 32.2. The number of benzene rings is 1. The molecule has 0 atom stereocenters. The highest BCUT2D eigenvalue weighted by Gasteiger charge is 2.14. The zero-order valence-electron chi connectivity index (χ0n) is 14.9. The van der Waals surface area contributed by atoms with Crippen LogP contribution in [0.5, 0.6) is 0 Å². The number of nitrogens with one attached hydrogen (secondary N) is 1. The minimum absolute atomic E-state index is 0.0839. The van der Waals surface area contributed by atoms with Gasteiger partial charge in [-0.15, -0.1) is 0 Å². The summed E-state index contributed by atoms with van der Waals surface area (Å²) in [4.78, 5) is 29.5. The molecule has 136 valence electrons. The molecular formula is C18H20N4O3S. The molecule has 0 bridgehead atoms. The Bertz CT molecular complexity index is 994. The molecule has 0 saturated heterocycles. The normalized spacial score (nSPS) is 11.2. The molecule has 3 aromatic rings. The number of nitrogens with zero attached hydrogens (tertiary/aromatic N) is 3. The van der Waals surface area contributed by atoms with Crippen molar-refractivity contribution >= 4 is 34.4 Å². The van der Waals surface area contributed by atoms with Crippen molar-refractivity contribution < 1.29 is 9.32 Å². The van der Waals surface area contributed by atoms with E-state index in [1.54, 1.807) is 29.7 Å². The molecule has 0 radical (unpaired) electrons. The van der Waals surface area contributed by atoms with Gasteiger partial charge in [-0.3, -0.25) is 14.2 Å². The maximum atomic E-state index is 12.8. The number of thioether (sulfide) groups is 1. The van der Waals surface area contributed by atoms with Gasteiger partial charge in [-0.05, 0) is 25.0 Å². The molecule has 0 aliphatic rings. The van der Waals surface area contributed by atoms with Gasteiger partial charge in [0.15, 0.2) is 11.0 Å². The number of anilines is 1. The van der Waals surface area contributed by atoms with Crippen LogP contribution in [-0.4, -0.2) is 26.4 Å². The van der Waals surface area contributed by atoms with Gasteiger partial charge in [0.05, 0.1) is 16.7 Å². The summed E-state index contributed by atoms with van der Waals surface area (Å²) in [5.41, 5.74) is 0.548. The Morgan fingerprint density at radius 3 is 2.81 bits per heavy atom. The fourth-order valence-electron chi connectivity index (χ4n) is 2.52. The number of aryl methyl sites for hydroxylation is 1. The zero-order valence-corrected chi connectivity index (χ0v) is 15.7. The second-order valence-corrected chi connectivity index (χ2v) is 7.32. The van der Waals surface area contributed by atoms with E-state index in [9.17, 15) is 9.59 Å². The SMILES string of the molecule is Cc1cc(NC(=O)CSc2nc3ccccc3c(=O)n2CC(C)C)no1. The van der Waals surface area contributed by atoms with E-state index in [1.165, 1.54) is 11.8 Å². The Morgan fingerprint density at radius 2 is 2.12 bits per heavy atom. The molecule has 2 heterocycles. The van der Waals surface area contributed by atoms with Gasteiger partial charge >= 0.3 is 0 Å². The Morgan fingerprint density at radius 1 is 1.35 bits per heavy atom. The van der Waals surface area contributed by atoms with Crippen LogP contribution in [0.1, 0.15) is 19.6 Å². The average Bonchev–Trinajstić information content (AvgIpc) is 3.00. The molecule has 0 fully saturated rings. The maximum Gasteiger partial charge on any atom is 0.262 e. The molecule has 0 unspecified atom stereocenters. The summed E-state index contributed by atoms with van der Waals surface area (Å²) in [6.45, 7) is 6.37. The van der Waals surface area contributed by atoms with E-state index < -0.39 is 0 Å². The quantitative estimate of drug-likeness (QED) is 0.528. The summed E-state index contributed by atoms with van der Waals surface area (Å²) >= 11 is 1.23. The van der Waals surface area contributed by atoms with Crippen molar-refractivity contribution in [3.8, 4) is 0 Å². The number of hydrogen-bond acceptors (Lipinski definition) is 6. The highest BCUT2D eigenvalue weighted by Crippen LogP contribution is 2.19. The van der Waals surface area contributed by atoms with Crippen molar-refractivity contribution in [1.82, 2.24) is 14.7 Å². The summed E-state index contributed by atoms with van der Waals surface area (Å²) in [5.74, 6) is 1.16. The number of carbonyl (C=O) groups excluding carboxylic acids is 1. The number of rotatable bonds is 6. The number of amides is 1. The van der Waals surface area contributed by atoms with Gasteiger partial charge in [0.25, 0.3) is 5.56 Å². The third-order valence-electron chi connectivity index (χ3n) is 3.60. The lowest BCUT2D eigenvalue weighted by Gasteiger charge is -2.14. The van der Waals surface area contributed by atoms with E-state index in [0.29, 0.717) is 34.2 Å². The van der Waals surface area contributed by atoms with Crippen LogP contribution in [0.25, 0.3) is 10.9 Å². The molecule has 0 aliphatic carbocycles. The molecule has 1 N–H and O–H groups in total. The highest BCUT2D eigenvalue weighted by molar-refractivity contribution is 7.99. The van der Waals surface area contributed by atoms with Crippen molar-refractivity contribution in [2.75, 3.05) is 11.1 Å². The number of fused-ring (bicyclic) bond motifs is 1.